The lowest BCUT2D eigenvalue weighted by molar-refractivity contribution is -0.143. The Morgan fingerprint density at radius 3 is 2.56 bits per heavy atom. The van der Waals surface area contributed by atoms with Crippen molar-refractivity contribution in [3.8, 4) is 0 Å². The molecule has 2 rings (SSSR count). The SMILES string of the molecule is CS(=O)(=O)N1CCC[C@H](C(=O)N[C@@H](C(=O)O)c2ccc(F)c(F)c2)C1. The van der Waals surface area contributed by atoms with Crippen LogP contribution in [0.2, 0.25) is 0 Å². The van der Waals surface area contributed by atoms with Gasteiger partial charge in [0, 0.05) is 13.1 Å². The van der Waals surface area contributed by atoms with Gasteiger partial charge in [-0.2, -0.15) is 0 Å². The number of nitrogens with one attached hydrogen (secondary N) is 1. The van der Waals surface area contributed by atoms with E-state index in [2.05, 4.69) is 5.32 Å². The van der Waals surface area contributed by atoms with E-state index >= 15 is 0 Å². The number of halogens is 2. The number of benzene rings is 1. The first-order chi connectivity index (χ1) is 11.6. The van der Waals surface area contributed by atoms with Gasteiger partial charge < -0.3 is 10.4 Å². The number of hydrogen-bond donors (Lipinski definition) is 2. The predicted octanol–water partition coefficient (Wildman–Crippen LogP) is 0.878. The second kappa shape index (κ2) is 7.44. The number of hydrogen-bond acceptors (Lipinski definition) is 4. The summed E-state index contributed by atoms with van der Waals surface area (Å²) in [7, 11) is -3.45. The van der Waals surface area contributed by atoms with Crippen molar-refractivity contribution >= 4 is 21.9 Å². The van der Waals surface area contributed by atoms with E-state index in [1.807, 2.05) is 0 Å². The van der Waals surface area contributed by atoms with E-state index in [1.165, 1.54) is 0 Å². The number of nitrogens with zero attached hydrogens (tertiary/aromatic N) is 1. The summed E-state index contributed by atoms with van der Waals surface area (Å²) in [5, 5.41) is 11.6. The van der Waals surface area contributed by atoms with Gasteiger partial charge >= 0.3 is 5.97 Å². The summed E-state index contributed by atoms with van der Waals surface area (Å²) in [6.07, 6.45) is 1.91. The summed E-state index contributed by atoms with van der Waals surface area (Å²) < 4.78 is 50.7. The van der Waals surface area contributed by atoms with Gasteiger partial charge in [-0.3, -0.25) is 4.79 Å². The Balaban J connectivity index is 2.15. The quantitative estimate of drug-likeness (QED) is 0.794. The second-order valence-electron chi connectivity index (χ2n) is 5.91. The highest BCUT2D eigenvalue weighted by Crippen LogP contribution is 2.22. The predicted molar refractivity (Wildman–Crippen MR) is 84.0 cm³/mol. The van der Waals surface area contributed by atoms with Crippen molar-refractivity contribution in [2.75, 3.05) is 19.3 Å². The number of piperidine rings is 1. The molecule has 138 valence electrons. The number of amides is 1. The minimum absolute atomic E-state index is 0.0468. The van der Waals surface area contributed by atoms with E-state index in [1.54, 1.807) is 0 Å². The zero-order valence-corrected chi connectivity index (χ0v) is 14.2. The van der Waals surface area contributed by atoms with Gasteiger partial charge in [-0.05, 0) is 30.5 Å². The fraction of sp³-hybridized carbons (Fsp3) is 0.467. The molecule has 25 heavy (non-hydrogen) atoms. The average Bonchev–Trinajstić information content (AvgIpc) is 2.54. The highest BCUT2D eigenvalue weighted by Gasteiger charge is 2.32. The summed E-state index contributed by atoms with van der Waals surface area (Å²) in [5.41, 5.74) is -0.115. The van der Waals surface area contributed by atoms with Crippen molar-refractivity contribution < 1.29 is 31.9 Å². The van der Waals surface area contributed by atoms with Gasteiger partial charge in [0.05, 0.1) is 12.2 Å². The molecule has 0 spiro atoms. The highest BCUT2D eigenvalue weighted by atomic mass is 32.2. The fourth-order valence-electron chi connectivity index (χ4n) is 2.70. The molecule has 1 saturated heterocycles. The number of carbonyl (C=O) groups excluding carboxylic acids is 1. The van der Waals surface area contributed by atoms with Crippen molar-refractivity contribution in [1.29, 1.82) is 0 Å². The molecule has 1 heterocycles. The van der Waals surface area contributed by atoms with Crippen molar-refractivity contribution in [1.82, 2.24) is 9.62 Å². The molecule has 0 aromatic heterocycles. The van der Waals surface area contributed by atoms with Crippen LogP contribution in [0.15, 0.2) is 18.2 Å². The number of carboxylic acid groups (broad SMARTS) is 1. The van der Waals surface area contributed by atoms with Gasteiger partial charge in [0.25, 0.3) is 0 Å². The summed E-state index contributed by atoms with van der Waals surface area (Å²) in [6, 6.07) is 0.995. The Hall–Kier alpha value is -2.07. The summed E-state index contributed by atoms with van der Waals surface area (Å²) in [4.78, 5) is 23.7. The normalized spacial score (nSPS) is 20.0. The third-order valence-electron chi connectivity index (χ3n) is 4.03. The molecule has 1 aromatic rings. The number of carbonyl (C=O) groups is 2. The van der Waals surface area contributed by atoms with Crippen LogP contribution in [0.3, 0.4) is 0 Å². The Bertz CT molecular complexity index is 784. The van der Waals surface area contributed by atoms with Crippen LogP contribution in [-0.4, -0.2) is 49.1 Å². The minimum Gasteiger partial charge on any atom is -0.479 e. The van der Waals surface area contributed by atoms with Gasteiger partial charge in [-0.15, -0.1) is 0 Å². The number of sulfonamides is 1. The number of carboxylic acids is 1. The molecule has 1 fully saturated rings. The molecule has 2 atom stereocenters. The van der Waals surface area contributed by atoms with Gasteiger partial charge in [-0.1, -0.05) is 6.07 Å². The van der Waals surface area contributed by atoms with Crippen LogP contribution in [0.25, 0.3) is 0 Å². The van der Waals surface area contributed by atoms with Crippen LogP contribution in [-0.2, 0) is 19.6 Å². The fourth-order valence-corrected chi connectivity index (χ4v) is 3.61. The zero-order chi connectivity index (χ0) is 18.8. The third kappa shape index (κ3) is 4.73. The molecule has 0 aliphatic carbocycles. The Kier molecular flexibility index (Phi) is 5.73. The molecule has 7 nitrogen and oxygen atoms in total. The summed E-state index contributed by atoms with van der Waals surface area (Å²) in [6.45, 7) is 0.253. The maximum absolute atomic E-state index is 13.3. The molecule has 1 aliphatic heterocycles. The second-order valence-corrected chi connectivity index (χ2v) is 7.90. The Labute approximate surface area is 143 Å². The summed E-state index contributed by atoms with van der Waals surface area (Å²) >= 11 is 0. The van der Waals surface area contributed by atoms with Crippen LogP contribution < -0.4 is 5.32 Å². The molecule has 1 aliphatic rings. The van der Waals surface area contributed by atoms with E-state index in [4.69, 9.17) is 0 Å². The number of aliphatic carboxylic acids is 1. The minimum atomic E-state index is -3.45. The molecule has 0 bridgehead atoms. The van der Waals surface area contributed by atoms with Crippen LogP contribution in [0, 0.1) is 17.6 Å². The molecule has 10 heteroatoms. The van der Waals surface area contributed by atoms with Crippen molar-refractivity contribution in [2.45, 2.75) is 18.9 Å². The number of rotatable bonds is 5. The molecule has 2 N–H and O–H groups in total. The molecule has 0 radical (unpaired) electrons. The lowest BCUT2D eigenvalue weighted by Gasteiger charge is -2.30. The van der Waals surface area contributed by atoms with Crippen LogP contribution in [0.1, 0.15) is 24.4 Å². The van der Waals surface area contributed by atoms with Gasteiger partial charge in [-0.25, -0.2) is 26.3 Å². The molecular weight excluding hydrogens is 358 g/mol. The smallest absolute Gasteiger partial charge is 0.330 e. The molecule has 1 aromatic carbocycles. The third-order valence-corrected chi connectivity index (χ3v) is 5.30. The van der Waals surface area contributed by atoms with Crippen molar-refractivity contribution in [3.63, 3.8) is 0 Å². The standard InChI is InChI=1S/C15H18F2N2O5S/c1-25(23,24)19-6-2-3-10(8-19)14(20)18-13(15(21)22)9-4-5-11(16)12(17)7-9/h4-5,7,10,13H,2-3,6,8H2,1H3,(H,18,20)(H,21,22)/t10-,13+/m0/s1. The van der Waals surface area contributed by atoms with E-state index in [-0.39, 0.29) is 12.1 Å². The zero-order valence-electron chi connectivity index (χ0n) is 13.4. The first-order valence-electron chi connectivity index (χ1n) is 7.53. The van der Waals surface area contributed by atoms with E-state index in [0.29, 0.717) is 25.5 Å². The topological polar surface area (TPSA) is 104 Å². The largest absolute Gasteiger partial charge is 0.479 e. The molecule has 0 saturated carbocycles. The molecule has 1 amide bonds. The van der Waals surface area contributed by atoms with E-state index in [9.17, 15) is 31.9 Å². The van der Waals surface area contributed by atoms with Gasteiger partial charge in [0.1, 0.15) is 0 Å². The van der Waals surface area contributed by atoms with Gasteiger partial charge in [0.15, 0.2) is 17.7 Å². The first-order valence-corrected chi connectivity index (χ1v) is 9.37. The lowest BCUT2D eigenvalue weighted by Crippen LogP contribution is -2.46. The van der Waals surface area contributed by atoms with Crippen LogP contribution in [0.4, 0.5) is 8.78 Å². The molecule has 0 unspecified atom stereocenters. The molecular formula is C15H18F2N2O5S. The maximum atomic E-state index is 13.3. The first kappa shape index (κ1) is 19.3. The lowest BCUT2D eigenvalue weighted by atomic mass is 9.97. The average molecular weight is 376 g/mol. The van der Waals surface area contributed by atoms with Crippen molar-refractivity contribution in [2.24, 2.45) is 5.92 Å². The summed E-state index contributed by atoms with van der Waals surface area (Å²) in [5.74, 6) is -5.15. The van der Waals surface area contributed by atoms with E-state index in [0.717, 1.165) is 22.7 Å². The van der Waals surface area contributed by atoms with Crippen LogP contribution in [0.5, 0.6) is 0 Å². The Morgan fingerprint density at radius 2 is 2.00 bits per heavy atom. The highest BCUT2D eigenvalue weighted by molar-refractivity contribution is 7.88. The maximum Gasteiger partial charge on any atom is 0.330 e. The van der Waals surface area contributed by atoms with Crippen LogP contribution >= 0.6 is 0 Å². The van der Waals surface area contributed by atoms with E-state index < -0.39 is 45.5 Å². The van der Waals surface area contributed by atoms with Crippen molar-refractivity contribution in [3.05, 3.63) is 35.4 Å². The monoisotopic (exact) mass is 376 g/mol. The van der Waals surface area contributed by atoms with Gasteiger partial charge in [0.2, 0.25) is 15.9 Å². The Morgan fingerprint density at radius 1 is 1.32 bits per heavy atom.